The summed E-state index contributed by atoms with van der Waals surface area (Å²) in [7, 11) is 3.30. The summed E-state index contributed by atoms with van der Waals surface area (Å²) < 4.78 is 10.1. The molecule has 1 atom stereocenters. The highest BCUT2D eigenvalue weighted by Crippen LogP contribution is 2.26. The molecule has 4 heteroatoms. The van der Waals surface area contributed by atoms with Crippen LogP contribution in [0.5, 0.6) is 5.75 Å². The molecule has 1 rings (SSSR count). The molecule has 4 nitrogen and oxygen atoms in total. The van der Waals surface area contributed by atoms with E-state index in [-0.39, 0.29) is 0 Å². The van der Waals surface area contributed by atoms with Crippen molar-refractivity contribution in [3.63, 3.8) is 0 Å². The zero-order valence-electron chi connectivity index (χ0n) is 11.6. The van der Waals surface area contributed by atoms with Crippen LogP contribution < -0.4 is 10.1 Å². The molecular weight excluding hydrogens is 230 g/mol. The molecule has 18 heavy (non-hydrogen) atoms. The Bertz CT molecular complexity index is 377. The average molecular weight is 253 g/mol. The highest BCUT2D eigenvalue weighted by atomic mass is 16.5. The molecule has 1 unspecified atom stereocenters. The molecule has 0 bridgehead atoms. The zero-order valence-corrected chi connectivity index (χ0v) is 11.6. The van der Waals surface area contributed by atoms with Crippen molar-refractivity contribution < 1.29 is 14.6 Å². The summed E-state index contributed by atoms with van der Waals surface area (Å²) in [6, 6.07) is 5.71. The van der Waals surface area contributed by atoms with E-state index in [0.29, 0.717) is 13.2 Å². The summed E-state index contributed by atoms with van der Waals surface area (Å²) in [5, 5.41) is 13.7. The highest BCUT2D eigenvalue weighted by molar-refractivity contribution is 5.38. The molecule has 0 spiro atoms. The van der Waals surface area contributed by atoms with Crippen molar-refractivity contribution in [3.8, 4) is 5.75 Å². The maximum Gasteiger partial charge on any atom is 0.119 e. The van der Waals surface area contributed by atoms with E-state index in [0.717, 1.165) is 23.4 Å². The Balaban J connectivity index is 2.71. The number of nitrogens with one attached hydrogen (secondary N) is 1. The lowest BCUT2D eigenvalue weighted by molar-refractivity contribution is 0.0543. The molecule has 0 aliphatic carbocycles. The van der Waals surface area contributed by atoms with Crippen molar-refractivity contribution >= 4 is 0 Å². The van der Waals surface area contributed by atoms with Gasteiger partial charge in [-0.3, -0.25) is 0 Å². The first-order chi connectivity index (χ1) is 8.51. The number of rotatable bonds is 7. The average Bonchev–Trinajstić information content (AvgIpc) is 2.34. The van der Waals surface area contributed by atoms with Gasteiger partial charge in [0.1, 0.15) is 5.75 Å². The van der Waals surface area contributed by atoms with Gasteiger partial charge >= 0.3 is 0 Å². The Morgan fingerprint density at radius 3 is 2.61 bits per heavy atom. The standard InChI is InChI=1S/C14H23NO3/c1-11-9-12(18-4)5-6-13(11)14(2,16)10-15-7-8-17-3/h5-6,9,15-16H,7-8,10H2,1-4H3. The monoisotopic (exact) mass is 253 g/mol. The molecule has 1 aromatic carbocycles. The zero-order chi connectivity index (χ0) is 13.6. The van der Waals surface area contributed by atoms with Crippen LogP contribution in [-0.4, -0.2) is 39.0 Å². The van der Waals surface area contributed by atoms with Crippen LogP contribution in [0.25, 0.3) is 0 Å². The van der Waals surface area contributed by atoms with Crippen LogP contribution in [0, 0.1) is 6.92 Å². The lowest BCUT2D eigenvalue weighted by Gasteiger charge is -2.26. The molecule has 0 aliphatic heterocycles. The summed E-state index contributed by atoms with van der Waals surface area (Å²) in [5.41, 5.74) is 1.03. The van der Waals surface area contributed by atoms with Gasteiger partial charge < -0.3 is 19.9 Å². The molecule has 2 N–H and O–H groups in total. The quantitative estimate of drug-likeness (QED) is 0.722. The number of aliphatic hydroxyl groups is 1. The Morgan fingerprint density at radius 1 is 1.33 bits per heavy atom. The van der Waals surface area contributed by atoms with Crippen molar-refractivity contribution in [2.75, 3.05) is 33.9 Å². The molecule has 0 saturated heterocycles. The maximum absolute atomic E-state index is 10.5. The van der Waals surface area contributed by atoms with E-state index in [1.165, 1.54) is 0 Å². The number of benzene rings is 1. The lowest BCUT2D eigenvalue weighted by atomic mass is 9.92. The summed E-state index contributed by atoms with van der Waals surface area (Å²) in [6.07, 6.45) is 0. The van der Waals surface area contributed by atoms with Crippen LogP contribution in [0.2, 0.25) is 0 Å². The van der Waals surface area contributed by atoms with Crippen LogP contribution in [0.1, 0.15) is 18.1 Å². The Labute approximate surface area is 109 Å². The van der Waals surface area contributed by atoms with Gasteiger partial charge in [0.05, 0.1) is 19.3 Å². The van der Waals surface area contributed by atoms with Crippen molar-refractivity contribution in [2.45, 2.75) is 19.4 Å². The second kappa shape index (κ2) is 6.73. The Morgan fingerprint density at radius 2 is 2.06 bits per heavy atom. The van der Waals surface area contributed by atoms with Crippen LogP contribution in [0.4, 0.5) is 0 Å². The molecule has 0 aliphatic rings. The second-order valence-electron chi connectivity index (χ2n) is 4.62. The fraction of sp³-hybridized carbons (Fsp3) is 0.571. The van der Waals surface area contributed by atoms with Crippen molar-refractivity contribution in [1.29, 1.82) is 0 Å². The minimum Gasteiger partial charge on any atom is -0.497 e. The molecule has 0 heterocycles. The predicted molar refractivity (Wildman–Crippen MR) is 72.0 cm³/mol. The van der Waals surface area contributed by atoms with Crippen molar-refractivity contribution in [1.82, 2.24) is 5.32 Å². The second-order valence-corrected chi connectivity index (χ2v) is 4.62. The van der Waals surface area contributed by atoms with Gasteiger partial charge in [-0.05, 0) is 37.1 Å². The van der Waals surface area contributed by atoms with Crippen LogP contribution >= 0.6 is 0 Å². The minimum atomic E-state index is -0.899. The van der Waals surface area contributed by atoms with E-state index < -0.39 is 5.60 Å². The maximum atomic E-state index is 10.5. The summed E-state index contributed by atoms with van der Waals surface area (Å²) in [5.74, 6) is 0.805. The Hall–Kier alpha value is -1.10. The van der Waals surface area contributed by atoms with Gasteiger partial charge in [0.25, 0.3) is 0 Å². The lowest BCUT2D eigenvalue weighted by Crippen LogP contribution is -2.37. The SMILES string of the molecule is COCCNCC(C)(O)c1ccc(OC)cc1C. The van der Waals surface area contributed by atoms with E-state index in [9.17, 15) is 5.11 Å². The van der Waals surface area contributed by atoms with E-state index in [1.54, 1.807) is 14.2 Å². The highest BCUT2D eigenvalue weighted by Gasteiger charge is 2.24. The number of ether oxygens (including phenoxy) is 2. The van der Waals surface area contributed by atoms with Crippen LogP contribution in [-0.2, 0) is 10.3 Å². The van der Waals surface area contributed by atoms with E-state index in [2.05, 4.69) is 5.32 Å². The van der Waals surface area contributed by atoms with E-state index in [4.69, 9.17) is 9.47 Å². The predicted octanol–water partition coefficient (Wildman–Crippen LogP) is 1.45. The number of hydrogen-bond acceptors (Lipinski definition) is 4. The van der Waals surface area contributed by atoms with E-state index >= 15 is 0 Å². The van der Waals surface area contributed by atoms with Gasteiger partial charge in [-0.2, -0.15) is 0 Å². The molecule has 0 amide bonds. The molecule has 1 aromatic rings. The summed E-state index contributed by atoms with van der Waals surface area (Å²) in [4.78, 5) is 0. The first-order valence-corrected chi connectivity index (χ1v) is 6.08. The number of methoxy groups -OCH3 is 2. The fourth-order valence-corrected chi connectivity index (χ4v) is 1.97. The van der Waals surface area contributed by atoms with Gasteiger partial charge in [-0.1, -0.05) is 6.07 Å². The third kappa shape index (κ3) is 3.98. The molecule has 0 saturated carbocycles. The number of hydrogen-bond donors (Lipinski definition) is 2. The van der Waals surface area contributed by atoms with Gasteiger partial charge in [-0.25, -0.2) is 0 Å². The minimum absolute atomic E-state index is 0.490. The summed E-state index contributed by atoms with van der Waals surface area (Å²) >= 11 is 0. The number of aryl methyl sites for hydroxylation is 1. The first kappa shape index (κ1) is 15.0. The van der Waals surface area contributed by atoms with Crippen LogP contribution in [0.15, 0.2) is 18.2 Å². The van der Waals surface area contributed by atoms with Crippen molar-refractivity contribution in [3.05, 3.63) is 29.3 Å². The topological polar surface area (TPSA) is 50.7 Å². The van der Waals surface area contributed by atoms with Gasteiger partial charge in [0, 0.05) is 20.2 Å². The molecule has 0 fully saturated rings. The molecule has 0 radical (unpaired) electrons. The largest absolute Gasteiger partial charge is 0.497 e. The van der Waals surface area contributed by atoms with Gasteiger partial charge in [0.15, 0.2) is 0 Å². The van der Waals surface area contributed by atoms with Crippen molar-refractivity contribution in [2.24, 2.45) is 0 Å². The van der Waals surface area contributed by atoms with Gasteiger partial charge in [0.2, 0.25) is 0 Å². The third-order valence-electron chi connectivity index (χ3n) is 2.97. The third-order valence-corrected chi connectivity index (χ3v) is 2.97. The molecular formula is C14H23NO3. The molecule has 0 aromatic heterocycles. The fourth-order valence-electron chi connectivity index (χ4n) is 1.97. The first-order valence-electron chi connectivity index (χ1n) is 6.08. The summed E-state index contributed by atoms with van der Waals surface area (Å²) in [6.45, 7) is 5.63. The van der Waals surface area contributed by atoms with Gasteiger partial charge in [-0.15, -0.1) is 0 Å². The molecule has 102 valence electrons. The Kier molecular flexibility index (Phi) is 5.59. The normalized spacial score (nSPS) is 14.3. The van der Waals surface area contributed by atoms with E-state index in [1.807, 2.05) is 32.0 Å². The van der Waals surface area contributed by atoms with Crippen LogP contribution in [0.3, 0.4) is 0 Å². The smallest absolute Gasteiger partial charge is 0.119 e.